The van der Waals surface area contributed by atoms with Crippen LogP contribution in [0.15, 0.2) is 48.4 Å². The predicted molar refractivity (Wildman–Crippen MR) is 66.5 cm³/mol. The maximum absolute atomic E-state index is 11.4. The first-order chi connectivity index (χ1) is 7.53. The summed E-state index contributed by atoms with van der Waals surface area (Å²) in [5, 5.41) is 1.69. The fraction of sp³-hybridized carbons (Fsp3) is 0.0909. The number of hydrogen-bond donors (Lipinski definition) is 1. The van der Waals surface area contributed by atoms with Crippen LogP contribution in [0, 0.1) is 0 Å². The van der Waals surface area contributed by atoms with E-state index < -0.39 is 10.0 Å². The molecule has 0 aliphatic carbocycles. The molecule has 1 aromatic carbocycles. The molecule has 0 atom stereocenters. The molecule has 0 aromatic heterocycles. The van der Waals surface area contributed by atoms with Gasteiger partial charge in [-0.3, -0.25) is 0 Å². The lowest BCUT2D eigenvalue weighted by atomic mass is 10.2. The Balaban J connectivity index is 2.61. The van der Waals surface area contributed by atoms with Crippen LogP contribution in [-0.2, 0) is 16.6 Å². The van der Waals surface area contributed by atoms with E-state index in [2.05, 4.69) is 11.3 Å². The summed E-state index contributed by atoms with van der Waals surface area (Å²) in [5.74, 6) is 0. The molecule has 0 amide bonds. The second kappa shape index (κ2) is 5.84. The molecular formula is C11H12ClNO2S. The average Bonchev–Trinajstić information content (AvgIpc) is 2.26. The van der Waals surface area contributed by atoms with E-state index in [1.54, 1.807) is 24.3 Å². The highest BCUT2D eigenvalue weighted by Gasteiger charge is 2.03. The van der Waals surface area contributed by atoms with Gasteiger partial charge in [0, 0.05) is 17.0 Å². The van der Waals surface area contributed by atoms with Gasteiger partial charge in [-0.1, -0.05) is 42.5 Å². The van der Waals surface area contributed by atoms with Gasteiger partial charge in [-0.05, 0) is 17.7 Å². The monoisotopic (exact) mass is 257 g/mol. The van der Waals surface area contributed by atoms with Crippen LogP contribution in [0.3, 0.4) is 0 Å². The molecule has 0 bridgehead atoms. The summed E-state index contributed by atoms with van der Waals surface area (Å²) in [7, 11) is -3.39. The van der Waals surface area contributed by atoms with Crippen molar-refractivity contribution in [3.63, 3.8) is 0 Å². The quantitative estimate of drug-likeness (QED) is 0.824. The maximum Gasteiger partial charge on any atom is 0.234 e. The zero-order valence-corrected chi connectivity index (χ0v) is 10.1. The van der Waals surface area contributed by atoms with Crippen molar-refractivity contribution in [3.8, 4) is 0 Å². The summed E-state index contributed by atoms with van der Waals surface area (Å²) in [5.41, 5.74) is 0.847. The Morgan fingerprint density at radius 2 is 1.94 bits per heavy atom. The highest BCUT2D eigenvalue weighted by molar-refractivity contribution is 7.92. The first-order valence-corrected chi connectivity index (χ1v) is 6.49. The van der Waals surface area contributed by atoms with Crippen molar-refractivity contribution < 1.29 is 8.42 Å². The Bertz CT molecular complexity index is 477. The van der Waals surface area contributed by atoms with E-state index in [4.69, 9.17) is 11.6 Å². The van der Waals surface area contributed by atoms with Gasteiger partial charge in [-0.2, -0.15) is 0 Å². The van der Waals surface area contributed by atoms with Crippen LogP contribution >= 0.6 is 11.6 Å². The highest BCUT2D eigenvalue weighted by Crippen LogP contribution is 2.09. The van der Waals surface area contributed by atoms with Gasteiger partial charge in [-0.25, -0.2) is 13.1 Å². The van der Waals surface area contributed by atoms with Crippen molar-refractivity contribution in [2.75, 3.05) is 0 Å². The number of rotatable bonds is 5. The van der Waals surface area contributed by atoms with Gasteiger partial charge in [-0.15, -0.1) is 0 Å². The van der Waals surface area contributed by atoms with Crippen LogP contribution in [0.4, 0.5) is 0 Å². The zero-order chi connectivity index (χ0) is 12.0. The molecule has 1 rings (SSSR count). The van der Waals surface area contributed by atoms with E-state index in [0.717, 1.165) is 11.0 Å². The topological polar surface area (TPSA) is 46.2 Å². The zero-order valence-electron chi connectivity index (χ0n) is 8.56. The summed E-state index contributed by atoms with van der Waals surface area (Å²) in [4.78, 5) is 0. The van der Waals surface area contributed by atoms with Crippen LogP contribution in [0.25, 0.3) is 0 Å². The van der Waals surface area contributed by atoms with Gasteiger partial charge >= 0.3 is 0 Å². The minimum absolute atomic E-state index is 0.237. The number of benzene rings is 1. The van der Waals surface area contributed by atoms with Crippen LogP contribution in [0.1, 0.15) is 5.56 Å². The molecular weight excluding hydrogens is 246 g/mol. The number of allylic oxidation sites excluding steroid dienone is 2. The van der Waals surface area contributed by atoms with E-state index in [-0.39, 0.29) is 6.54 Å². The van der Waals surface area contributed by atoms with Crippen LogP contribution in [0.5, 0.6) is 0 Å². The van der Waals surface area contributed by atoms with Crippen molar-refractivity contribution in [1.82, 2.24) is 4.72 Å². The molecule has 0 spiro atoms. The third kappa shape index (κ3) is 4.61. The summed E-state index contributed by atoms with van der Waals surface area (Å²) >= 11 is 5.71. The molecule has 5 heteroatoms. The summed E-state index contributed by atoms with van der Waals surface area (Å²) < 4.78 is 25.1. The SMILES string of the molecule is C=C/C=C/S(=O)(=O)NCc1ccc(Cl)cc1. The average molecular weight is 258 g/mol. The molecule has 0 saturated carbocycles. The Morgan fingerprint density at radius 1 is 1.31 bits per heavy atom. The summed E-state index contributed by atoms with van der Waals surface area (Å²) in [6.07, 6.45) is 2.77. The van der Waals surface area contributed by atoms with Gasteiger partial charge in [0.1, 0.15) is 0 Å². The van der Waals surface area contributed by atoms with Crippen molar-refractivity contribution in [3.05, 3.63) is 59.0 Å². The molecule has 0 aliphatic rings. The van der Waals surface area contributed by atoms with E-state index >= 15 is 0 Å². The number of halogens is 1. The molecule has 0 unspecified atom stereocenters. The Hall–Kier alpha value is -1.10. The van der Waals surface area contributed by atoms with Crippen LogP contribution in [0.2, 0.25) is 5.02 Å². The second-order valence-electron chi connectivity index (χ2n) is 3.06. The van der Waals surface area contributed by atoms with Crippen molar-refractivity contribution in [2.24, 2.45) is 0 Å². The minimum atomic E-state index is -3.39. The number of sulfonamides is 1. The third-order valence-electron chi connectivity index (χ3n) is 1.78. The smallest absolute Gasteiger partial charge is 0.208 e. The lowest BCUT2D eigenvalue weighted by Gasteiger charge is -2.02. The van der Waals surface area contributed by atoms with Gasteiger partial charge in [0.2, 0.25) is 10.0 Å². The Morgan fingerprint density at radius 3 is 2.50 bits per heavy atom. The first kappa shape index (κ1) is 13.0. The molecule has 1 aromatic rings. The van der Waals surface area contributed by atoms with Gasteiger partial charge in [0.05, 0.1) is 0 Å². The van der Waals surface area contributed by atoms with Crippen LogP contribution in [-0.4, -0.2) is 8.42 Å². The molecule has 3 nitrogen and oxygen atoms in total. The normalized spacial score (nSPS) is 11.8. The fourth-order valence-electron chi connectivity index (χ4n) is 0.993. The molecule has 0 aliphatic heterocycles. The van der Waals surface area contributed by atoms with Gasteiger partial charge < -0.3 is 0 Å². The maximum atomic E-state index is 11.4. The molecule has 1 N–H and O–H groups in total. The lowest BCUT2D eigenvalue weighted by molar-refractivity contribution is 0.590. The van der Waals surface area contributed by atoms with E-state index in [1.165, 1.54) is 12.2 Å². The third-order valence-corrected chi connectivity index (χ3v) is 3.10. The van der Waals surface area contributed by atoms with Crippen molar-refractivity contribution in [1.29, 1.82) is 0 Å². The molecule has 16 heavy (non-hydrogen) atoms. The second-order valence-corrected chi connectivity index (χ2v) is 5.14. The van der Waals surface area contributed by atoms with Gasteiger partial charge in [0.15, 0.2) is 0 Å². The van der Waals surface area contributed by atoms with E-state index in [1.807, 2.05) is 0 Å². The van der Waals surface area contributed by atoms with E-state index in [0.29, 0.717) is 5.02 Å². The first-order valence-electron chi connectivity index (χ1n) is 4.57. The highest BCUT2D eigenvalue weighted by atomic mass is 35.5. The minimum Gasteiger partial charge on any atom is -0.208 e. The molecule has 0 heterocycles. The standard InChI is InChI=1S/C11H12ClNO2S/c1-2-3-8-16(14,15)13-9-10-4-6-11(12)7-5-10/h2-8,13H,1,9H2/b8-3+. The van der Waals surface area contributed by atoms with Crippen molar-refractivity contribution >= 4 is 21.6 Å². The Labute approximate surface area is 100 Å². The Kier molecular flexibility index (Phi) is 4.73. The number of hydrogen-bond acceptors (Lipinski definition) is 2. The molecule has 0 saturated heterocycles. The fourth-order valence-corrected chi connectivity index (χ4v) is 1.90. The summed E-state index contributed by atoms with van der Waals surface area (Å²) in [6.45, 7) is 3.64. The molecule has 0 fully saturated rings. The summed E-state index contributed by atoms with van der Waals surface area (Å²) in [6, 6.07) is 6.96. The largest absolute Gasteiger partial charge is 0.234 e. The molecule has 86 valence electrons. The van der Waals surface area contributed by atoms with E-state index in [9.17, 15) is 8.42 Å². The molecule has 0 radical (unpaired) electrons. The van der Waals surface area contributed by atoms with Gasteiger partial charge in [0.25, 0.3) is 0 Å². The van der Waals surface area contributed by atoms with Crippen LogP contribution < -0.4 is 4.72 Å². The van der Waals surface area contributed by atoms with Crippen molar-refractivity contribution in [2.45, 2.75) is 6.54 Å². The lowest BCUT2D eigenvalue weighted by Crippen LogP contribution is -2.20. The predicted octanol–water partition coefficient (Wildman–Crippen LogP) is 2.46. The number of nitrogens with one attached hydrogen (secondary N) is 1.